The maximum Gasteiger partial charge on any atom is 0.105 e. The van der Waals surface area contributed by atoms with E-state index < -0.39 is 0 Å². The Kier molecular flexibility index (Phi) is 5.02. The molecular formula is C14H19ClN2OS. The first-order chi connectivity index (χ1) is 9.11. The van der Waals surface area contributed by atoms with E-state index in [9.17, 15) is 0 Å². The number of anilines is 1. The minimum Gasteiger partial charge on any atom is -0.389 e. The predicted octanol–water partition coefficient (Wildman–Crippen LogP) is 3.20. The fourth-order valence-electron chi connectivity index (χ4n) is 2.45. The van der Waals surface area contributed by atoms with Crippen molar-refractivity contribution in [1.29, 1.82) is 0 Å². The summed E-state index contributed by atoms with van der Waals surface area (Å²) in [6.45, 7) is 3.93. The summed E-state index contributed by atoms with van der Waals surface area (Å²) in [7, 11) is 0. The summed E-state index contributed by atoms with van der Waals surface area (Å²) in [5.74, 6) is 0.569. The number of hydrogen-bond acceptors (Lipinski definition) is 3. The summed E-state index contributed by atoms with van der Waals surface area (Å²) in [5.41, 5.74) is 7.30. The van der Waals surface area contributed by atoms with Crippen molar-refractivity contribution in [1.82, 2.24) is 0 Å². The van der Waals surface area contributed by atoms with Gasteiger partial charge in [-0.3, -0.25) is 0 Å². The van der Waals surface area contributed by atoms with E-state index in [0.29, 0.717) is 22.0 Å². The van der Waals surface area contributed by atoms with Crippen LogP contribution >= 0.6 is 23.8 Å². The van der Waals surface area contributed by atoms with Crippen LogP contribution in [-0.4, -0.2) is 24.2 Å². The highest BCUT2D eigenvalue weighted by molar-refractivity contribution is 7.80. The van der Waals surface area contributed by atoms with Gasteiger partial charge in [-0.15, -0.1) is 0 Å². The highest BCUT2D eigenvalue weighted by Crippen LogP contribution is 2.25. The summed E-state index contributed by atoms with van der Waals surface area (Å²) < 4.78 is 5.68. The Morgan fingerprint density at radius 2 is 2.37 bits per heavy atom. The number of rotatable bonds is 5. The smallest absolute Gasteiger partial charge is 0.105 e. The first kappa shape index (κ1) is 14.6. The van der Waals surface area contributed by atoms with Gasteiger partial charge in [0.2, 0.25) is 0 Å². The number of nitrogens with one attached hydrogen (secondary N) is 1. The minimum atomic E-state index is 0.326. The van der Waals surface area contributed by atoms with Crippen LogP contribution in [0, 0.1) is 5.92 Å². The molecule has 1 fully saturated rings. The molecular weight excluding hydrogens is 280 g/mol. The van der Waals surface area contributed by atoms with E-state index in [0.717, 1.165) is 37.2 Å². The molecule has 3 nitrogen and oxygen atoms in total. The summed E-state index contributed by atoms with van der Waals surface area (Å²) in [4.78, 5) is 0.326. The molecule has 2 unspecified atom stereocenters. The topological polar surface area (TPSA) is 47.3 Å². The molecule has 0 bridgehead atoms. The third-order valence-electron chi connectivity index (χ3n) is 3.55. The lowest BCUT2D eigenvalue weighted by molar-refractivity contribution is 0.0900. The van der Waals surface area contributed by atoms with E-state index >= 15 is 0 Å². The van der Waals surface area contributed by atoms with Gasteiger partial charge in [-0.25, -0.2) is 0 Å². The number of ether oxygens (including phenoxy) is 1. The molecule has 0 aliphatic carbocycles. The molecule has 1 aromatic rings. The summed E-state index contributed by atoms with van der Waals surface area (Å²) in [5, 5.41) is 4.00. The van der Waals surface area contributed by atoms with Gasteiger partial charge in [0, 0.05) is 30.3 Å². The molecule has 0 radical (unpaired) electrons. The highest BCUT2D eigenvalue weighted by atomic mass is 35.5. The van der Waals surface area contributed by atoms with E-state index in [4.69, 9.17) is 34.3 Å². The highest BCUT2D eigenvalue weighted by Gasteiger charge is 2.26. The molecule has 1 aliphatic heterocycles. The zero-order valence-electron chi connectivity index (χ0n) is 11.0. The molecule has 0 aromatic heterocycles. The van der Waals surface area contributed by atoms with Crippen molar-refractivity contribution in [2.45, 2.75) is 25.9 Å². The van der Waals surface area contributed by atoms with Crippen LogP contribution in [0.3, 0.4) is 0 Å². The van der Waals surface area contributed by atoms with Crippen LogP contribution in [0.5, 0.6) is 0 Å². The largest absolute Gasteiger partial charge is 0.389 e. The lowest BCUT2D eigenvalue weighted by Crippen LogP contribution is -2.22. The molecule has 1 saturated heterocycles. The maximum atomic E-state index is 6.14. The Morgan fingerprint density at radius 3 is 3.00 bits per heavy atom. The molecule has 2 rings (SSSR count). The van der Waals surface area contributed by atoms with Crippen molar-refractivity contribution in [3.05, 3.63) is 28.8 Å². The van der Waals surface area contributed by atoms with E-state index in [1.165, 1.54) is 0 Å². The first-order valence-corrected chi connectivity index (χ1v) is 7.35. The van der Waals surface area contributed by atoms with Gasteiger partial charge in [0.1, 0.15) is 4.99 Å². The van der Waals surface area contributed by atoms with Crippen molar-refractivity contribution < 1.29 is 4.74 Å². The molecule has 3 N–H and O–H groups in total. The van der Waals surface area contributed by atoms with Gasteiger partial charge in [-0.05, 0) is 31.0 Å². The van der Waals surface area contributed by atoms with Gasteiger partial charge >= 0.3 is 0 Å². The van der Waals surface area contributed by atoms with Crippen LogP contribution in [0.4, 0.5) is 5.69 Å². The van der Waals surface area contributed by atoms with Gasteiger partial charge in [-0.2, -0.15) is 0 Å². The fraction of sp³-hybridized carbons (Fsp3) is 0.500. The Morgan fingerprint density at radius 1 is 1.58 bits per heavy atom. The molecule has 5 heteroatoms. The van der Waals surface area contributed by atoms with E-state index in [1.54, 1.807) is 0 Å². The van der Waals surface area contributed by atoms with Gasteiger partial charge < -0.3 is 15.8 Å². The Bertz CT molecular complexity index is 467. The molecule has 19 heavy (non-hydrogen) atoms. The quantitative estimate of drug-likeness (QED) is 0.820. The van der Waals surface area contributed by atoms with Gasteiger partial charge in [-0.1, -0.05) is 30.7 Å². The molecule has 0 saturated carbocycles. The van der Waals surface area contributed by atoms with Crippen LogP contribution in [0.1, 0.15) is 25.3 Å². The first-order valence-electron chi connectivity index (χ1n) is 6.56. The summed E-state index contributed by atoms with van der Waals surface area (Å²) in [6.07, 6.45) is 2.55. The monoisotopic (exact) mass is 298 g/mol. The van der Waals surface area contributed by atoms with Crippen LogP contribution in [-0.2, 0) is 4.74 Å². The average Bonchev–Trinajstić information content (AvgIpc) is 2.83. The summed E-state index contributed by atoms with van der Waals surface area (Å²) >= 11 is 11.1. The van der Waals surface area contributed by atoms with Crippen molar-refractivity contribution in [2.75, 3.05) is 18.5 Å². The number of benzene rings is 1. The zero-order chi connectivity index (χ0) is 13.8. The molecule has 1 heterocycles. The maximum absolute atomic E-state index is 6.14. The van der Waals surface area contributed by atoms with Gasteiger partial charge in [0.05, 0.1) is 11.1 Å². The van der Waals surface area contributed by atoms with Crippen molar-refractivity contribution in [3.63, 3.8) is 0 Å². The van der Waals surface area contributed by atoms with Gasteiger partial charge in [0.15, 0.2) is 0 Å². The zero-order valence-corrected chi connectivity index (χ0v) is 12.6. The molecule has 1 aromatic carbocycles. The Hall–Kier alpha value is -0.840. The van der Waals surface area contributed by atoms with Gasteiger partial charge in [0.25, 0.3) is 0 Å². The molecule has 0 amide bonds. The number of halogens is 1. The second-order valence-corrected chi connectivity index (χ2v) is 5.65. The third kappa shape index (κ3) is 3.59. The lowest BCUT2D eigenvalue weighted by atomic mass is 9.99. The average molecular weight is 299 g/mol. The van der Waals surface area contributed by atoms with Crippen molar-refractivity contribution in [3.8, 4) is 0 Å². The lowest BCUT2D eigenvalue weighted by Gasteiger charge is -2.18. The Labute approximate surface area is 124 Å². The van der Waals surface area contributed by atoms with E-state index in [-0.39, 0.29) is 0 Å². The summed E-state index contributed by atoms with van der Waals surface area (Å²) in [6, 6.07) is 5.68. The SMILES string of the molecule is CCC1OCCC1CNc1ccc(C(N)=S)c(Cl)c1. The second kappa shape index (κ2) is 6.55. The second-order valence-electron chi connectivity index (χ2n) is 4.81. The third-order valence-corrected chi connectivity index (χ3v) is 4.08. The normalized spacial score (nSPS) is 22.4. The number of hydrogen-bond donors (Lipinski definition) is 2. The molecule has 104 valence electrons. The minimum absolute atomic E-state index is 0.326. The van der Waals surface area contributed by atoms with Crippen LogP contribution < -0.4 is 11.1 Å². The van der Waals surface area contributed by atoms with Crippen LogP contribution in [0.15, 0.2) is 18.2 Å². The predicted molar refractivity (Wildman–Crippen MR) is 84.0 cm³/mol. The van der Waals surface area contributed by atoms with Crippen molar-refractivity contribution >= 4 is 34.5 Å². The van der Waals surface area contributed by atoms with E-state index in [1.807, 2.05) is 18.2 Å². The molecule has 0 spiro atoms. The standard InChI is InChI=1S/C14H19ClN2OS/c1-2-13-9(5-6-18-13)8-17-10-3-4-11(14(16)19)12(15)7-10/h3-4,7,9,13,17H,2,5-6,8H2,1H3,(H2,16,19). The molecule has 1 aliphatic rings. The van der Waals surface area contributed by atoms with Crippen LogP contribution in [0.25, 0.3) is 0 Å². The Balaban J connectivity index is 1.96. The van der Waals surface area contributed by atoms with E-state index in [2.05, 4.69) is 12.2 Å². The van der Waals surface area contributed by atoms with Crippen molar-refractivity contribution in [2.24, 2.45) is 11.7 Å². The number of thiocarbonyl (C=S) groups is 1. The number of nitrogens with two attached hydrogens (primary N) is 1. The fourth-order valence-corrected chi connectivity index (χ4v) is 2.97. The molecule has 2 atom stereocenters. The van der Waals surface area contributed by atoms with Crippen LogP contribution in [0.2, 0.25) is 5.02 Å².